The largest absolute Gasteiger partial charge is 0.454 e. The molecule has 1 saturated heterocycles. The molecule has 2 amide bonds. The number of nitrogens with zero attached hydrogens (tertiary/aromatic N) is 1. The Labute approximate surface area is 152 Å². The highest BCUT2D eigenvalue weighted by atomic mass is 16.7. The molecule has 26 heavy (non-hydrogen) atoms. The van der Waals surface area contributed by atoms with Crippen LogP contribution in [-0.4, -0.2) is 42.4 Å². The molecule has 3 rings (SSSR count). The fourth-order valence-corrected chi connectivity index (χ4v) is 3.36. The predicted octanol–water partition coefficient (Wildman–Crippen LogP) is 2.45. The second-order valence-electron chi connectivity index (χ2n) is 7.15. The Bertz CT molecular complexity index is 744. The topological polar surface area (TPSA) is 84.9 Å². The number of Topliss-reactive ketones (excluding diaryl/α,β-unsaturated/α-hetero) is 1. The van der Waals surface area contributed by atoms with Gasteiger partial charge in [-0.2, -0.15) is 0 Å². The molecule has 140 valence electrons. The first kappa shape index (κ1) is 18.2. The van der Waals surface area contributed by atoms with Crippen LogP contribution in [0.4, 0.5) is 5.69 Å². The van der Waals surface area contributed by atoms with Crippen LogP contribution in [0.1, 0.15) is 44.0 Å². The van der Waals surface area contributed by atoms with Crippen LogP contribution in [0.25, 0.3) is 0 Å². The summed E-state index contributed by atoms with van der Waals surface area (Å²) >= 11 is 0. The summed E-state index contributed by atoms with van der Waals surface area (Å²) in [5.41, 5.74) is 0.825. The van der Waals surface area contributed by atoms with Crippen LogP contribution in [0.2, 0.25) is 0 Å². The van der Waals surface area contributed by atoms with E-state index in [0.717, 1.165) is 6.42 Å². The zero-order valence-electron chi connectivity index (χ0n) is 15.3. The summed E-state index contributed by atoms with van der Waals surface area (Å²) in [5.74, 6) is 0.916. The van der Waals surface area contributed by atoms with E-state index in [4.69, 9.17) is 9.47 Å². The lowest BCUT2D eigenvalue weighted by Gasteiger charge is -2.18. The molecule has 0 saturated carbocycles. The van der Waals surface area contributed by atoms with Gasteiger partial charge in [0.1, 0.15) is 0 Å². The molecule has 0 bridgehead atoms. The quantitative estimate of drug-likeness (QED) is 0.815. The number of hydrogen-bond donors (Lipinski definition) is 1. The molecule has 1 aromatic rings. The number of nitrogens with one attached hydrogen (secondary N) is 1. The molecule has 1 atom stereocenters. The molecular weight excluding hydrogens is 336 g/mol. The van der Waals surface area contributed by atoms with E-state index in [1.165, 1.54) is 6.92 Å². The molecule has 0 aliphatic carbocycles. The van der Waals surface area contributed by atoms with E-state index in [-0.39, 0.29) is 36.2 Å². The Balaban J connectivity index is 1.64. The van der Waals surface area contributed by atoms with E-state index in [1.54, 1.807) is 12.1 Å². The summed E-state index contributed by atoms with van der Waals surface area (Å²) in [6.45, 7) is 6.60. The van der Waals surface area contributed by atoms with Crippen molar-refractivity contribution in [1.82, 2.24) is 4.90 Å². The smallest absolute Gasteiger partial charge is 0.231 e. The number of hydrogen-bond acceptors (Lipinski definition) is 5. The summed E-state index contributed by atoms with van der Waals surface area (Å²) in [4.78, 5) is 38.2. The highest BCUT2D eigenvalue weighted by Gasteiger charge is 2.29. The maximum Gasteiger partial charge on any atom is 0.231 e. The summed E-state index contributed by atoms with van der Waals surface area (Å²) in [6.07, 6.45) is 1.13. The van der Waals surface area contributed by atoms with Gasteiger partial charge in [-0.05, 0) is 25.3 Å². The number of fused-ring (bicyclic) bond motifs is 1. The highest BCUT2D eigenvalue weighted by molar-refractivity contribution is 6.04. The van der Waals surface area contributed by atoms with Crippen molar-refractivity contribution in [2.45, 2.75) is 33.6 Å². The third-order valence-electron chi connectivity index (χ3n) is 4.73. The Morgan fingerprint density at radius 1 is 1.23 bits per heavy atom. The third-order valence-corrected chi connectivity index (χ3v) is 4.73. The van der Waals surface area contributed by atoms with Crippen molar-refractivity contribution in [3.63, 3.8) is 0 Å². The minimum atomic E-state index is -0.171. The number of carbonyl (C=O) groups excluding carboxylic acids is 3. The molecule has 1 fully saturated rings. The number of amides is 2. The molecule has 0 spiro atoms. The van der Waals surface area contributed by atoms with Gasteiger partial charge in [-0.15, -0.1) is 0 Å². The minimum Gasteiger partial charge on any atom is -0.454 e. The second-order valence-corrected chi connectivity index (χ2v) is 7.15. The van der Waals surface area contributed by atoms with Crippen LogP contribution in [0.3, 0.4) is 0 Å². The van der Waals surface area contributed by atoms with Gasteiger partial charge in [0, 0.05) is 37.1 Å². The first-order valence-corrected chi connectivity index (χ1v) is 8.88. The van der Waals surface area contributed by atoms with Crippen LogP contribution in [0.5, 0.6) is 11.5 Å². The third kappa shape index (κ3) is 3.81. The number of rotatable bonds is 5. The molecular formula is C19H24N2O5. The van der Waals surface area contributed by atoms with Gasteiger partial charge < -0.3 is 19.7 Å². The Morgan fingerprint density at radius 2 is 1.92 bits per heavy atom. The molecule has 1 N–H and O–H groups in total. The van der Waals surface area contributed by atoms with Crippen molar-refractivity contribution >= 4 is 23.3 Å². The standard InChI is InChI=1S/C19H24N2O5/c1-11(2)19(24)21-5-4-13(9-21)6-18(23)20-15-8-17-16(25-10-26-17)7-14(15)12(3)22/h7-8,11,13H,4-6,9-10H2,1-3H3,(H,20,23). The van der Waals surface area contributed by atoms with Crippen LogP contribution < -0.4 is 14.8 Å². The van der Waals surface area contributed by atoms with Crippen LogP contribution in [0.15, 0.2) is 12.1 Å². The van der Waals surface area contributed by atoms with Crippen LogP contribution >= 0.6 is 0 Å². The van der Waals surface area contributed by atoms with Gasteiger partial charge in [0.2, 0.25) is 18.6 Å². The predicted molar refractivity (Wildman–Crippen MR) is 95.3 cm³/mol. The van der Waals surface area contributed by atoms with E-state index < -0.39 is 0 Å². The molecule has 0 aromatic heterocycles. The van der Waals surface area contributed by atoms with Gasteiger partial charge in [-0.25, -0.2) is 0 Å². The number of anilines is 1. The fourth-order valence-electron chi connectivity index (χ4n) is 3.36. The van der Waals surface area contributed by atoms with Crippen molar-refractivity contribution < 1.29 is 23.9 Å². The van der Waals surface area contributed by atoms with Gasteiger partial charge in [0.05, 0.1) is 5.69 Å². The molecule has 1 unspecified atom stereocenters. The first-order valence-electron chi connectivity index (χ1n) is 8.88. The lowest BCUT2D eigenvalue weighted by atomic mass is 10.0. The Kier molecular flexibility index (Phi) is 5.15. The summed E-state index contributed by atoms with van der Waals surface area (Å²) in [7, 11) is 0. The SMILES string of the molecule is CC(=O)c1cc2c(cc1NC(=O)CC1CCN(C(=O)C(C)C)C1)OCO2. The number of benzene rings is 1. The monoisotopic (exact) mass is 360 g/mol. The van der Waals surface area contributed by atoms with Gasteiger partial charge in [-0.1, -0.05) is 13.8 Å². The van der Waals surface area contributed by atoms with E-state index in [2.05, 4.69) is 5.32 Å². The van der Waals surface area contributed by atoms with Crippen molar-refractivity contribution in [2.75, 3.05) is 25.2 Å². The fraction of sp³-hybridized carbons (Fsp3) is 0.526. The first-order chi connectivity index (χ1) is 12.3. The van der Waals surface area contributed by atoms with Crippen molar-refractivity contribution in [2.24, 2.45) is 11.8 Å². The zero-order valence-corrected chi connectivity index (χ0v) is 15.3. The zero-order chi connectivity index (χ0) is 18.8. The molecule has 2 heterocycles. The maximum atomic E-state index is 12.5. The van der Waals surface area contributed by atoms with Crippen molar-refractivity contribution in [3.8, 4) is 11.5 Å². The summed E-state index contributed by atoms with van der Waals surface area (Å²) < 4.78 is 10.6. The number of carbonyl (C=O) groups is 3. The molecule has 7 heteroatoms. The van der Waals surface area contributed by atoms with Gasteiger partial charge in [-0.3, -0.25) is 14.4 Å². The van der Waals surface area contributed by atoms with E-state index in [9.17, 15) is 14.4 Å². The van der Waals surface area contributed by atoms with E-state index >= 15 is 0 Å². The summed E-state index contributed by atoms with van der Waals surface area (Å²) in [5, 5.41) is 2.82. The molecule has 2 aliphatic heterocycles. The van der Waals surface area contributed by atoms with Crippen molar-refractivity contribution in [1.29, 1.82) is 0 Å². The Hall–Kier alpha value is -2.57. The van der Waals surface area contributed by atoms with Gasteiger partial charge in [0.25, 0.3) is 0 Å². The number of likely N-dealkylation sites (tertiary alicyclic amines) is 1. The Morgan fingerprint density at radius 3 is 2.58 bits per heavy atom. The average Bonchev–Trinajstić information content (AvgIpc) is 3.21. The van der Waals surface area contributed by atoms with Crippen molar-refractivity contribution in [3.05, 3.63) is 17.7 Å². The maximum absolute atomic E-state index is 12.5. The number of ketones is 1. The average molecular weight is 360 g/mol. The summed E-state index contributed by atoms with van der Waals surface area (Å²) in [6, 6.07) is 3.22. The van der Waals surface area contributed by atoms with E-state index in [1.807, 2.05) is 18.7 Å². The lowest BCUT2D eigenvalue weighted by molar-refractivity contribution is -0.133. The number of ether oxygens (including phenoxy) is 2. The normalized spacial score (nSPS) is 18.3. The molecule has 2 aliphatic rings. The van der Waals surface area contributed by atoms with E-state index in [0.29, 0.717) is 42.3 Å². The van der Waals surface area contributed by atoms with Gasteiger partial charge in [0.15, 0.2) is 17.3 Å². The molecule has 1 aromatic carbocycles. The lowest BCUT2D eigenvalue weighted by Crippen LogP contribution is -2.32. The molecule has 0 radical (unpaired) electrons. The van der Waals surface area contributed by atoms with Gasteiger partial charge >= 0.3 is 0 Å². The second kappa shape index (κ2) is 7.35. The molecule has 7 nitrogen and oxygen atoms in total. The minimum absolute atomic E-state index is 0.0330. The van der Waals surface area contributed by atoms with Crippen LogP contribution in [-0.2, 0) is 9.59 Å². The highest BCUT2D eigenvalue weighted by Crippen LogP contribution is 2.37. The van der Waals surface area contributed by atoms with Crippen LogP contribution in [0, 0.1) is 11.8 Å².